The van der Waals surface area contributed by atoms with Crippen LogP contribution in [0.5, 0.6) is 0 Å². The molecule has 0 aromatic carbocycles. The van der Waals surface area contributed by atoms with Gasteiger partial charge in [0, 0.05) is 20.2 Å². The maximum absolute atomic E-state index is 4.93. The van der Waals surface area contributed by atoms with E-state index in [2.05, 4.69) is 22.3 Å². The van der Waals surface area contributed by atoms with E-state index in [0.29, 0.717) is 0 Å². The van der Waals surface area contributed by atoms with Crippen molar-refractivity contribution >= 4 is 0 Å². The summed E-state index contributed by atoms with van der Waals surface area (Å²) in [7, 11) is 1.70. The van der Waals surface area contributed by atoms with Gasteiger partial charge >= 0.3 is 0 Å². The van der Waals surface area contributed by atoms with Gasteiger partial charge < -0.3 is 10.1 Å². The van der Waals surface area contributed by atoms with E-state index in [1.54, 1.807) is 13.4 Å². The summed E-state index contributed by atoms with van der Waals surface area (Å²) in [6, 6.07) is 0. The van der Waals surface area contributed by atoms with Crippen LogP contribution in [-0.2, 0) is 17.8 Å². The van der Waals surface area contributed by atoms with Crippen molar-refractivity contribution in [1.29, 1.82) is 0 Å². The molecule has 0 saturated carbocycles. The van der Waals surface area contributed by atoms with Crippen molar-refractivity contribution in [2.24, 2.45) is 0 Å². The Bertz CT molecular complexity index is 249. The van der Waals surface area contributed by atoms with Crippen molar-refractivity contribution in [2.75, 3.05) is 20.3 Å². The van der Waals surface area contributed by atoms with Crippen LogP contribution >= 0.6 is 0 Å². The van der Waals surface area contributed by atoms with Crippen LogP contribution in [0.15, 0.2) is 6.33 Å². The van der Waals surface area contributed by atoms with Gasteiger partial charge in [-0.3, -0.25) is 0 Å². The van der Waals surface area contributed by atoms with Gasteiger partial charge in [-0.2, -0.15) is 5.10 Å². The van der Waals surface area contributed by atoms with Crippen LogP contribution < -0.4 is 5.32 Å². The van der Waals surface area contributed by atoms with Crippen LogP contribution in [0.1, 0.15) is 19.2 Å². The molecule has 0 bridgehead atoms. The van der Waals surface area contributed by atoms with E-state index in [-0.39, 0.29) is 0 Å². The fraction of sp³-hybridized carbons (Fsp3) is 0.778. The van der Waals surface area contributed by atoms with Crippen molar-refractivity contribution in [2.45, 2.75) is 26.4 Å². The van der Waals surface area contributed by atoms with Crippen molar-refractivity contribution in [3.05, 3.63) is 12.2 Å². The second-order valence-corrected chi connectivity index (χ2v) is 3.07. The maximum Gasteiger partial charge on any atom is 0.140 e. The van der Waals surface area contributed by atoms with E-state index >= 15 is 0 Å². The fourth-order valence-electron chi connectivity index (χ4n) is 1.20. The summed E-state index contributed by atoms with van der Waals surface area (Å²) >= 11 is 0. The Balaban J connectivity index is 2.30. The SMILES string of the molecule is CCCn1ncnc1CNCCOC. The predicted octanol–water partition coefficient (Wildman–Crippen LogP) is 0.424. The first-order valence-electron chi connectivity index (χ1n) is 4.94. The fourth-order valence-corrected chi connectivity index (χ4v) is 1.20. The molecule has 1 N–H and O–H groups in total. The van der Waals surface area contributed by atoms with Gasteiger partial charge in [-0.15, -0.1) is 0 Å². The molecule has 0 unspecified atom stereocenters. The Kier molecular flexibility index (Phi) is 5.17. The Morgan fingerprint density at radius 2 is 2.43 bits per heavy atom. The van der Waals surface area contributed by atoms with Gasteiger partial charge in [0.1, 0.15) is 12.2 Å². The first-order valence-corrected chi connectivity index (χ1v) is 4.94. The number of rotatable bonds is 7. The molecule has 0 amide bonds. The predicted molar refractivity (Wildman–Crippen MR) is 53.9 cm³/mol. The highest BCUT2D eigenvalue weighted by Crippen LogP contribution is 1.94. The van der Waals surface area contributed by atoms with Gasteiger partial charge in [-0.05, 0) is 6.42 Å². The molecule has 1 aromatic heterocycles. The van der Waals surface area contributed by atoms with Crippen molar-refractivity contribution < 1.29 is 4.74 Å². The van der Waals surface area contributed by atoms with Gasteiger partial charge in [0.05, 0.1) is 13.2 Å². The zero-order chi connectivity index (χ0) is 10.2. The highest BCUT2D eigenvalue weighted by atomic mass is 16.5. The van der Waals surface area contributed by atoms with Crippen LogP contribution in [0.25, 0.3) is 0 Å². The molecule has 1 heterocycles. The first-order chi connectivity index (χ1) is 6.88. The molecule has 5 heteroatoms. The average Bonchev–Trinajstić information content (AvgIpc) is 2.61. The van der Waals surface area contributed by atoms with E-state index in [9.17, 15) is 0 Å². The average molecular weight is 198 g/mol. The molecular formula is C9H18N4O. The first kappa shape index (κ1) is 11.1. The zero-order valence-electron chi connectivity index (χ0n) is 8.86. The lowest BCUT2D eigenvalue weighted by atomic mass is 10.4. The maximum atomic E-state index is 4.93. The summed E-state index contributed by atoms with van der Waals surface area (Å²) in [5, 5.41) is 7.38. The number of aryl methyl sites for hydroxylation is 1. The second-order valence-electron chi connectivity index (χ2n) is 3.07. The van der Waals surface area contributed by atoms with Crippen molar-refractivity contribution in [3.8, 4) is 0 Å². The van der Waals surface area contributed by atoms with E-state index < -0.39 is 0 Å². The zero-order valence-corrected chi connectivity index (χ0v) is 8.86. The molecule has 0 radical (unpaired) electrons. The molecule has 0 saturated heterocycles. The van der Waals surface area contributed by atoms with Crippen molar-refractivity contribution in [1.82, 2.24) is 20.1 Å². The monoisotopic (exact) mass is 198 g/mol. The molecule has 0 spiro atoms. The number of hydrogen-bond donors (Lipinski definition) is 1. The normalized spacial score (nSPS) is 10.7. The molecule has 1 aromatic rings. The molecule has 0 aliphatic carbocycles. The molecule has 0 aliphatic rings. The minimum atomic E-state index is 0.724. The van der Waals surface area contributed by atoms with E-state index in [4.69, 9.17) is 4.74 Å². The Morgan fingerprint density at radius 1 is 1.57 bits per heavy atom. The second kappa shape index (κ2) is 6.50. The van der Waals surface area contributed by atoms with E-state index in [0.717, 1.165) is 38.5 Å². The number of nitrogens with one attached hydrogen (secondary N) is 1. The quantitative estimate of drug-likeness (QED) is 0.645. The summed E-state index contributed by atoms with van der Waals surface area (Å²) < 4.78 is 6.86. The molecule has 0 aliphatic heterocycles. The van der Waals surface area contributed by atoms with Gasteiger partial charge in [0.2, 0.25) is 0 Å². The molecule has 1 rings (SSSR count). The highest BCUT2D eigenvalue weighted by Gasteiger charge is 2.01. The van der Waals surface area contributed by atoms with Crippen molar-refractivity contribution in [3.63, 3.8) is 0 Å². The standard InChI is InChI=1S/C9H18N4O/c1-3-5-13-9(11-8-12-13)7-10-4-6-14-2/h8,10H,3-7H2,1-2H3. The summed E-state index contributed by atoms with van der Waals surface area (Å²) in [5.74, 6) is 0.989. The lowest BCUT2D eigenvalue weighted by molar-refractivity contribution is 0.198. The van der Waals surface area contributed by atoms with Crippen LogP contribution in [0.3, 0.4) is 0 Å². The Hall–Kier alpha value is -0.940. The molecule has 5 nitrogen and oxygen atoms in total. The Labute approximate surface area is 84.5 Å². The molecule has 14 heavy (non-hydrogen) atoms. The number of hydrogen-bond acceptors (Lipinski definition) is 4. The summed E-state index contributed by atoms with van der Waals surface area (Å²) in [5.41, 5.74) is 0. The number of methoxy groups -OCH3 is 1. The van der Waals surface area contributed by atoms with Gasteiger partial charge in [-0.1, -0.05) is 6.92 Å². The number of ether oxygens (including phenoxy) is 1. The largest absolute Gasteiger partial charge is 0.383 e. The van der Waals surface area contributed by atoms with Gasteiger partial charge in [0.15, 0.2) is 0 Å². The Morgan fingerprint density at radius 3 is 3.14 bits per heavy atom. The summed E-state index contributed by atoms with van der Waals surface area (Å²) in [6.07, 6.45) is 2.68. The summed E-state index contributed by atoms with van der Waals surface area (Å²) in [4.78, 5) is 4.18. The van der Waals surface area contributed by atoms with Crippen LogP contribution in [0, 0.1) is 0 Å². The number of nitrogens with zero attached hydrogens (tertiary/aromatic N) is 3. The molecular weight excluding hydrogens is 180 g/mol. The smallest absolute Gasteiger partial charge is 0.140 e. The minimum absolute atomic E-state index is 0.724. The van der Waals surface area contributed by atoms with Crippen LogP contribution in [0.4, 0.5) is 0 Å². The van der Waals surface area contributed by atoms with Crippen LogP contribution in [-0.4, -0.2) is 35.0 Å². The van der Waals surface area contributed by atoms with Gasteiger partial charge in [0.25, 0.3) is 0 Å². The third-order valence-electron chi connectivity index (χ3n) is 1.90. The van der Waals surface area contributed by atoms with E-state index in [1.165, 1.54) is 0 Å². The molecule has 0 fully saturated rings. The number of aromatic nitrogens is 3. The van der Waals surface area contributed by atoms with Crippen LogP contribution in [0.2, 0.25) is 0 Å². The third-order valence-corrected chi connectivity index (χ3v) is 1.90. The van der Waals surface area contributed by atoms with E-state index in [1.807, 2.05) is 4.68 Å². The molecule has 0 atom stereocenters. The minimum Gasteiger partial charge on any atom is -0.383 e. The molecule has 80 valence electrons. The lowest BCUT2D eigenvalue weighted by Gasteiger charge is -2.05. The topological polar surface area (TPSA) is 52.0 Å². The summed E-state index contributed by atoms with van der Waals surface area (Å²) in [6.45, 7) is 5.38. The third kappa shape index (κ3) is 3.43. The van der Waals surface area contributed by atoms with Gasteiger partial charge in [-0.25, -0.2) is 9.67 Å². The highest BCUT2D eigenvalue weighted by molar-refractivity contribution is 4.83. The lowest BCUT2D eigenvalue weighted by Crippen LogP contribution is -2.21.